The third-order valence-corrected chi connectivity index (χ3v) is 5.79. The average Bonchev–Trinajstić information content (AvgIpc) is 3.32. The van der Waals surface area contributed by atoms with Crippen LogP contribution in [-0.4, -0.2) is 22.3 Å². The monoisotopic (exact) mass is 275 g/mol. The predicted octanol–water partition coefficient (Wildman–Crippen LogP) is 2.96. The molecule has 1 aromatic rings. The molecule has 1 aromatic heterocycles. The van der Waals surface area contributed by atoms with Crippen molar-refractivity contribution in [3.63, 3.8) is 0 Å². The summed E-state index contributed by atoms with van der Waals surface area (Å²) in [5.41, 5.74) is 4.16. The van der Waals surface area contributed by atoms with E-state index in [1.807, 2.05) is 0 Å². The second-order valence-corrected chi connectivity index (χ2v) is 7.26. The van der Waals surface area contributed by atoms with Crippen molar-refractivity contribution in [2.24, 2.45) is 0 Å². The van der Waals surface area contributed by atoms with Crippen molar-refractivity contribution in [3.8, 4) is 0 Å². The Morgan fingerprint density at radius 2 is 2.05 bits per heavy atom. The van der Waals surface area contributed by atoms with Crippen molar-refractivity contribution >= 4 is 11.8 Å². The lowest BCUT2D eigenvalue weighted by Crippen LogP contribution is -2.27. The average molecular weight is 275 g/mol. The van der Waals surface area contributed by atoms with Gasteiger partial charge in [-0.15, -0.1) is 0 Å². The minimum atomic E-state index is 0.562. The Morgan fingerprint density at radius 1 is 1.11 bits per heavy atom. The molecular weight excluding hydrogens is 254 g/mol. The van der Waals surface area contributed by atoms with Gasteiger partial charge in [0, 0.05) is 31.0 Å². The van der Waals surface area contributed by atoms with Gasteiger partial charge in [0.25, 0.3) is 0 Å². The molecule has 3 nitrogen and oxygen atoms in total. The van der Waals surface area contributed by atoms with E-state index in [0.717, 1.165) is 31.3 Å². The van der Waals surface area contributed by atoms with Crippen molar-refractivity contribution in [1.82, 2.24) is 15.3 Å². The third kappa shape index (κ3) is 2.40. The van der Waals surface area contributed by atoms with Crippen LogP contribution in [0.25, 0.3) is 0 Å². The lowest BCUT2D eigenvalue weighted by molar-refractivity contribution is 0.597. The predicted molar refractivity (Wildman–Crippen MR) is 78.5 cm³/mol. The molecule has 0 radical (unpaired) electrons. The van der Waals surface area contributed by atoms with Gasteiger partial charge in [-0.25, -0.2) is 9.97 Å². The molecule has 0 spiro atoms. The highest BCUT2D eigenvalue weighted by molar-refractivity contribution is 7.99. The van der Waals surface area contributed by atoms with E-state index in [1.54, 1.807) is 0 Å². The summed E-state index contributed by atoms with van der Waals surface area (Å²) in [7, 11) is 0. The van der Waals surface area contributed by atoms with Crippen LogP contribution < -0.4 is 5.32 Å². The van der Waals surface area contributed by atoms with Crippen LogP contribution in [0.2, 0.25) is 0 Å². The molecule has 0 aromatic carbocycles. The fourth-order valence-electron chi connectivity index (χ4n) is 3.17. The first kappa shape index (κ1) is 12.2. The zero-order valence-electron chi connectivity index (χ0n) is 11.3. The van der Waals surface area contributed by atoms with Gasteiger partial charge in [-0.05, 0) is 31.4 Å². The minimum Gasteiger partial charge on any atom is -0.312 e. The standard InChI is InChI=1S/C15H21N3S/c1-2-8-19-13(3-1)15-17-12-6-7-16-9-11(12)14(18-15)10-4-5-10/h10,13,16H,1-9H2. The minimum absolute atomic E-state index is 0.562. The van der Waals surface area contributed by atoms with Gasteiger partial charge in [-0.2, -0.15) is 11.8 Å². The largest absolute Gasteiger partial charge is 0.312 e. The molecule has 1 aliphatic carbocycles. The van der Waals surface area contributed by atoms with E-state index in [0.29, 0.717) is 5.25 Å². The van der Waals surface area contributed by atoms with Crippen LogP contribution >= 0.6 is 11.8 Å². The van der Waals surface area contributed by atoms with Crippen molar-refractivity contribution < 1.29 is 0 Å². The SMILES string of the molecule is C1CCC(c2nc3c(c(C4CC4)n2)CNCC3)SC1. The van der Waals surface area contributed by atoms with Gasteiger partial charge in [0.1, 0.15) is 5.82 Å². The van der Waals surface area contributed by atoms with Crippen molar-refractivity contribution in [1.29, 1.82) is 0 Å². The molecule has 2 fully saturated rings. The van der Waals surface area contributed by atoms with Crippen molar-refractivity contribution in [3.05, 3.63) is 22.8 Å². The summed E-state index contributed by atoms with van der Waals surface area (Å²) >= 11 is 2.07. The van der Waals surface area contributed by atoms with Gasteiger partial charge in [0.2, 0.25) is 0 Å². The summed E-state index contributed by atoms with van der Waals surface area (Å²) in [6.45, 7) is 2.06. The summed E-state index contributed by atoms with van der Waals surface area (Å²) in [6.07, 6.45) is 7.74. The molecule has 1 saturated carbocycles. The lowest BCUT2D eigenvalue weighted by Gasteiger charge is -2.24. The van der Waals surface area contributed by atoms with E-state index in [4.69, 9.17) is 9.97 Å². The van der Waals surface area contributed by atoms with Crippen LogP contribution in [0, 0.1) is 0 Å². The van der Waals surface area contributed by atoms with Crippen molar-refractivity contribution in [2.45, 2.75) is 56.2 Å². The quantitative estimate of drug-likeness (QED) is 0.900. The van der Waals surface area contributed by atoms with E-state index >= 15 is 0 Å². The van der Waals surface area contributed by atoms with E-state index in [-0.39, 0.29) is 0 Å². The van der Waals surface area contributed by atoms with Crippen LogP contribution in [-0.2, 0) is 13.0 Å². The zero-order valence-corrected chi connectivity index (χ0v) is 12.1. The number of fused-ring (bicyclic) bond motifs is 1. The molecule has 1 saturated heterocycles. The molecule has 4 heteroatoms. The molecule has 102 valence electrons. The Balaban J connectivity index is 1.72. The number of hydrogen-bond donors (Lipinski definition) is 1. The second kappa shape index (κ2) is 5.06. The van der Waals surface area contributed by atoms with E-state index in [9.17, 15) is 0 Å². The molecule has 0 bridgehead atoms. The molecule has 3 heterocycles. The van der Waals surface area contributed by atoms with Crippen LogP contribution in [0.1, 0.15) is 66.0 Å². The maximum atomic E-state index is 5.00. The Morgan fingerprint density at radius 3 is 2.84 bits per heavy atom. The summed E-state index contributed by atoms with van der Waals surface area (Å²) < 4.78 is 0. The summed E-state index contributed by atoms with van der Waals surface area (Å²) in [5.74, 6) is 3.17. The van der Waals surface area contributed by atoms with Crippen LogP contribution in [0.15, 0.2) is 0 Å². The molecule has 2 aliphatic heterocycles. The van der Waals surface area contributed by atoms with Crippen LogP contribution in [0.3, 0.4) is 0 Å². The molecule has 1 N–H and O–H groups in total. The molecule has 1 atom stereocenters. The second-order valence-electron chi connectivity index (χ2n) is 5.95. The summed E-state index contributed by atoms with van der Waals surface area (Å²) in [6, 6.07) is 0. The maximum Gasteiger partial charge on any atom is 0.141 e. The number of nitrogens with one attached hydrogen (secondary N) is 1. The summed E-state index contributed by atoms with van der Waals surface area (Å²) in [4.78, 5) is 9.94. The van der Waals surface area contributed by atoms with Gasteiger partial charge in [-0.3, -0.25) is 0 Å². The van der Waals surface area contributed by atoms with Gasteiger partial charge >= 0.3 is 0 Å². The molecule has 1 unspecified atom stereocenters. The number of thioether (sulfide) groups is 1. The number of rotatable bonds is 2. The topological polar surface area (TPSA) is 37.8 Å². The Bertz CT molecular complexity index is 479. The van der Waals surface area contributed by atoms with Crippen LogP contribution in [0.5, 0.6) is 0 Å². The first-order valence-corrected chi connectivity index (χ1v) is 8.68. The first-order chi connectivity index (χ1) is 9.42. The highest BCUT2D eigenvalue weighted by Crippen LogP contribution is 2.43. The van der Waals surface area contributed by atoms with E-state index in [1.165, 1.54) is 54.8 Å². The fraction of sp³-hybridized carbons (Fsp3) is 0.733. The normalized spacial score (nSPS) is 27.1. The molecule has 19 heavy (non-hydrogen) atoms. The zero-order chi connectivity index (χ0) is 12.7. The van der Waals surface area contributed by atoms with Gasteiger partial charge in [-0.1, -0.05) is 6.42 Å². The van der Waals surface area contributed by atoms with Crippen molar-refractivity contribution in [2.75, 3.05) is 12.3 Å². The summed E-state index contributed by atoms with van der Waals surface area (Å²) in [5, 5.41) is 4.04. The number of hydrogen-bond acceptors (Lipinski definition) is 4. The smallest absolute Gasteiger partial charge is 0.141 e. The van der Waals surface area contributed by atoms with E-state index in [2.05, 4.69) is 17.1 Å². The Kier molecular flexibility index (Phi) is 3.24. The highest BCUT2D eigenvalue weighted by Gasteiger charge is 2.32. The van der Waals surface area contributed by atoms with Gasteiger partial charge in [0.15, 0.2) is 0 Å². The Labute approximate surface area is 119 Å². The Hall–Kier alpha value is -0.610. The van der Waals surface area contributed by atoms with E-state index < -0.39 is 0 Å². The maximum absolute atomic E-state index is 5.00. The molecule has 3 aliphatic rings. The molecular formula is C15H21N3S. The first-order valence-electron chi connectivity index (χ1n) is 7.64. The number of aromatic nitrogens is 2. The number of nitrogens with zero attached hydrogens (tertiary/aromatic N) is 2. The molecule has 4 rings (SSSR count). The third-order valence-electron chi connectivity index (χ3n) is 4.41. The van der Waals surface area contributed by atoms with Gasteiger partial charge < -0.3 is 5.32 Å². The fourth-order valence-corrected chi connectivity index (χ4v) is 4.41. The van der Waals surface area contributed by atoms with Crippen LogP contribution in [0.4, 0.5) is 0 Å². The van der Waals surface area contributed by atoms with Gasteiger partial charge in [0.05, 0.1) is 16.6 Å². The molecule has 0 amide bonds. The lowest BCUT2D eigenvalue weighted by atomic mass is 10.0. The highest BCUT2D eigenvalue weighted by atomic mass is 32.2.